The zero-order valence-corrected chi connectivity index (χ0v) is 50.6. The Kier molecular flexibility index (Phi) is 12.7. The molecule has 15 aromatic carbocycles. The van der Waals surface area contributed by atoms with E-state index in [1.54, 1.807) is 0 Å². The summed E-state index contributed by atoms with van der Waals surface area (Å²) in [5.74, 6) is 0. The van der Waals surface area contributed by atoms with E-state index >= 15 is 9.13 Å². The summed E-state index contributed by atoms with van der Waals surface area (Å²) in [6.07, 6.45) is 0. The van der Waals surface area contributed by atoms with E-state index in [0.717, 1.165) is 147 Å². The Morgan fingerprint density at radius 3 is 0.911 bits per heavy atom. The van der Waals surface area contributed by atoms with Crippen molar-refractivity contribution >= 4 is 133 Å². The molecule has 0 bridgehead atoms. The van der Waals surface area contributed by atoms with Crippen LogP contribution in [0.3, 0.4) is 0 Å². The average Bonchev–Trinajstić information content (AvgIpc) is 0.809. The Morgan fingerprint density at radius 2 is 0.478 bits per heavy atom. The number of rotatable bonds is 10. The van der Waals surface area contributed by atoms with Gasteiger partial charge in [-0.1, -0.05) is 315 Å². The number of hydrogen-bond donors (Lipinski definition) is 0. The van der Waals surface area contributed by atoms with Crippen LogP contribution in [-0.2, 0) is 9.13 Å². The van der Waals surface area contributed by atoms with E-state index in [0.29, 0.717) is 0 Å². The molecule has 0 aliphatic carbocycles. The van der Waals surface area contributed by atoms with Gasteiger partial charge in [0, 0.05) is 86.0 Å². The molecule has 1 unspecified atom stereocenters. The van der Waals surface area contributed by atoms with Crippen LogP contribution in [0.2, 0.25) is 0 Å². The standard InChI is InChI=1S/C84H54N2O2P2/c87-89(65-21-4-1-5-22-65,66-23-6-2-7-24-66)68-47-39-62(40-48-68)80-76-51-43-59-19-12-15-30-73(59)83(76)86-84-77(80)52-44-60-33-36-64(54-78(60)84)63-20-16-27-70(53-63)90(88,67-25-8-3-9-26-67)69-45-37-56(38-46-69)55-31-34-61(35-32-55)79-74-49-41-57-17-10-13-28-71(57)81(74)85-82-72-29-14-11-18-58(72)42-50-75(79)82/h1-54H. The Morgan fingerprint density at radius 1 is 0.189 bits per heavy atom. The van der Waals surface area contributed by atoms with Crippen molar-refractivity contribution in [2.24, 2.45) is 0 Å². The number of aromatic nitrogens is 2. The van der Waals surface area contributed by atoms with Gasteiger partial charge in [-0.05, 0) is 67.1 Å². The van der Waals surface area contributed by atoms with Crippen molar-refractivity contribution in [2.45, 2.75) is 0 Å². The summed E-state index contributed by atoms with van der Waals surface area (Å²) in [6, 6.07) is 113. The first-order valence-electron chi connectivity index (χ1n) is 30.5. The highest BCUT2D eigenvalue weighted by Gasteiger charge is 2.32. The van der Waals surface area contributed by atoms with E-state index in [4.69, 9.17) is 9.97 Å². The smallest absolute Gasteiger partial charge is 0.171 e. The first-order valence-corrected chi connectivity index (χ1v) is 33.9. The molecular weight excluding hydrogens is 1130 g/mol. The molecule has 422 valence electrons. The summed E-state index contributed by atoms with van der Waals surface area (Å²) in [6.45, 7) is 0. The molecule has 6 heteroatoms. The van der Waals surface area contributed by atoms with Crippen LogP contribution in [0.4, 0.5) is 0 Å². The summed E-state index contributed by atoms with van der Waals surface area (Å²) in [5, 5.41) is 17.8. The topological polar surface area (TPSA) is 59.9 Å². The normalized spacial score (nSPS) is 12.6. The molecule has 0 saturated carbocycles. The molecule has 0 spiro atoms. The third-order valence-electron chi connectivity index (χ3n) is 18.4. The van der Waals surface area contributed by atoms with Gasteiger partial charge < -0.3 is 9.13 Å². The zero-order chi connectivity index (χ0) is 59.9. The van der Waals surface area contributed by atoms with Crippen molar-refractivity contribution in [2.75, 3.05) is 0 Å². The molecule has 17 rings (SSSR count). The van der Waals surface area contributed by atoms with Gasteiger partial charge in [-0.25, -0.2) is 9.97 Å². The van der Waals surface area contributed by atoms with E-state index in [1.807, 2.05) is 103 Å². The Balaban J connectivity index is 0.750. The quantitative estimate of drug-likeness (QED) is 0.0778. The summed E-state index contributed by atoms with van der Waals surface area (Å²) in [5.41, 5.74) is 12.2. The van der Waals surface area contributed by atoms with Crippen molar-refractivity contribution in [3.8, 4) is 44.5 Å². The number of fused-ring (bicyclic) bond motifs is 12. The Hall–Kier alpha value is -10.9. The molecular formula is C84H54N2O2P2. The first-order chi connectivity index (χ1) is 44.4. The molecule has 4 nitrogen and oxygen atoms in total. The summed E-state index contributed by atoms with van der Waals surface area (Å²) in [4.78, 5) is 11.0. The summed E-state index contributed by atoms with van der Waals surface area (Å²) < 4.78 is 31.9. The Bertz CT molecular complexity index is 5680. The predicted octanol–water partition coefficient (Wildman–Crippen LogP) is 19.6. The monoisotopic (exact) mass is 1180 g/mol. The lowest BCUT2D eigenvalue weighted by Crippen LogP contribution is -2.25. The molecule has 0 saturated heterocycles. The van der Waals surface area contributed by atoms with Crippen LogP contribution in [0.5, 0.6) is 0 Å². The molecule has 90 heavy (non-hydrogen) atoms. The third-order valence-corrected chi connectivity index (χ3v) is 24.5. The van der Waals surface area contributed by atoms with Gasteiger partial charge >= 0.3 is 0 Å². The van der Waals surface area contributed by atoms with Crippen LogP contribution < -0.4 is 31.8 Å². The third kappa shape index (κ3) is 8.67. The van der Waals surface area contributed by atoms with Crippen molar-refractivity contribution in [3.05, 3.63) is 328 Å². The fraction of sp³-hybridized carbons (Fsp3) is 0. The number of nitrogens with zero attached hydrogens (tertiary/aromatic N) is 2. The second-order valence-electron chi connectivity index (χ2n) is 23.4. The molecule has 1 atom stereocenters. The maximum Gasteiger partial charge on any atom is 0.171 e. The molecule has 2 heterocycles. The second-order valence-corrected chi connectivity index (χ2v) is 28.9. The van der Waals surface area contributed by atoms with Crippen LogP contribution in [0.25, 0.3) is 131 Å². The minimum absolute atomic E-state index is 0.754. The van der Waals surface area contributed by atoms with Gasteiger partial charge in [-0.15, -0.1) is 0 Å². The van der Waals surface area contributed by atoms with E-state index in [2.05, 4.69) is 224 Å². The van der Waals surface area contributed by atoms with Gasteiger partial charge in [0.25, 0.3) is 0 Å². The lowest BCUT2D eigenvalue weighted by Gasteiger charge is -2.21. The molecule has 0 aliphatic heterocycles. The Labute approximate surface area is 520 Å². The summed E-state index contributed by atoms with van der Waals surface area (Å²) >= 11 is 0. The maximum atomic E-state index is 16.4. The highest BCUT2D eigenvalue weighted by Crippen LogP contribution is 2.47. The largest absolute Gasteiger partial charge is 0.309 e. The fourth-order valence-electron chi connectivity index (χ4n) is 13.9. The van der Waals surface area contributed by atoms with Gasteiger partial charge in [0.1, 0.15) is 0 Å². The molecule has 2 aromatic heterocycles. The minimum atomic E-state index is -3.43. The number of pyridine rings is 2. The van der Waals surface area contributed by atoms with Crippen LogP contribution >= 0.6 is 14.3 Å². The van der Waals surface area contributed by atoms with Gasteiger partial charge in [0.15, 0.2) is 14.3 Å². The average molecular weight is 1190 g/mol. The molecule has 0 radical (unpaired) electrons. The molecule has 0 aliphatic rings. The molecule has 17 aromatic rings. The molecule has 0 amide bonds. The fourth-order valence-corrected chi connectivity index (χ4v) is 19.2. The SMILES string of the molecule is O=P(c1ccccc1)(c1ccccc1)c1ccc(-c2c3ccc4ccccc4c3nc3c2ccc2ccc(-c4cccc(P(=O)(c5ccccc5)c5ccc(-c6ccc(-c7c8ccc9ccccc9c8nc8c7ccc7ccccc78)cc6)cc5)c4)cc23)cc1. The lowest BCUT2D eigenvalue weighted by molar-refractivity contribution is 0.591. The second kappa shape index (κ2) is 21.5. The first kappa shape index (κ1) is 53.4. The lowest BCUT2D eigenvalue weighted by atomic mass is 9.91. The molecule has 0 N–H and O–H groups in total. The predicted molar refractivity (Wildman–Crippen MR) is 383 cm³/mol. The van der Waals surface area contributed by atoms with Gasteiger partial charge in [-0.2, -0.15) is 0 Å². The van der Waals surface area contributed by atoms with Crippen LogP contribution in [0, 0.1) is 0 Å². The highest BCUT2D eigenvalue weighted by molar-refractivity contribution is 7.85. The van der Waals surface area contributed by atoms with Crippen LogP contribution in [-0.4, -0.2) is 9.97 Å². The van der Waals surface area contributed by atoms with Gasteiger partial charge in [0.05, 0.1) is 22.1 Å². The van der Waals surface area contributed by atoms with Crippen molar-refractivity contribution < 1.29 is 9.13 Å². The van der Waals surface area contributed by atoms with Crippen LogP contribution in [0.15, 0.2) is 328 Å². The maximum absolute atomic E-state index is 16.4. The van der Waals surface area contributed by atoms with Crippen molar-refractivity contribution in [1.29, 1.82) is 0 Å². The zero-order valence-electron chi connectivity index (χ0n) is 48.8. The van der Waals surface area contributed by atoms with E-state index in [9.17, 15) is 0 Å². The molecule has 0 fully saturated rings. The number of hydrogen-bond acceptors (Lipinski definition) is 4. The highest BCUT2D eigenvalue weighted by atomic mass is 31.2. The van der Waals surface area contributed by atoms with Crippen LogP contribution in [0.1, 0.15) is 0 Å². The van der Waals surface area contributed by atoms with E-state index in [-0.39, 0.29) is 0 Å². The van der Waals surface area contributed by atoms with E-state index < -0.39 is 14.3 Å². The van der Waals surface area contributed by atoms with Gasteiger partial charge in [-0.3, -0.25) is 0 Å². The van der Waals surface area contributed by atoms with Crippen molar-refractivity contribution in [3.63, 3.8) is 0 Å². The van der Waals surface area contributed by atoms with Crippen molar-refractivity contribution in [1.82, 2.24) is 9.97 Å². The number of benzene rings is 15. The summed E-state index contributed by atoms with van der Waals surface area (Å²) in [7, 11) is -6.64. The van der Waals surface area contributed by atoms with E-state index in [1.165, 1.54) is 16.3 Å². The minimum Gasteiger partial charge on any atom is -0.309 e. The van der Waals surface area contributed by atoms with Gasteiger partial charge in [0.2, 0.25) is 0 Å².